The van der Waals surface area contributed by atoms with Gasteiger partial charge < -0.3 is 10.5 Å². The molecule has 1 amide bonds. The number of fused-ring (bicyclic) bond motifs is 1. The molecule has 22 heavy (non-hydrogen) atoms. The number of nitrogens with zero attached hydrogens (tertiary/aromatic N) is 1. The topological polar surface area (TPSA) is 55.6 Å². The van der Waals surface area contributed by atoms with Crippen LogP contribution < -0.4 is 10.6 Å². The van der Waals surface area contributed by atoms with E-state index in [4.69, 9.17) is 14.6 Å². The Morgan fingerprint density at radius 1 is 1.55 bits per heavy atom. The van der Waals surface area contributed by atoms with Crippen molar-refractivity contribution in [2.45, 2.75) is 44.9 Å². The van der Waals surface area contributed by atoms with Crippen molar-refractivity contribution in [3.8, 4) is 0 Å². The smallest absolute Gasteiger partial charge is 0.416 e. The Morgan fingerprint density at radius 2 is 2.27 bits per heavy atom. The van der Waals surface area contributed by atoms with Crippen molar-refractivity contribution in [3.05, 3.63) is 29.3 Å². The predicted molar refractivity (Wildman–Crippen MR) is 76.6 cm³/mol. The molecule has 2 atom stereocenters. The van der Waals surface area contributed by atoms with Crippen LogP contribution in [0.4, 0.5) is 23.7 Å². The zero-order chi connectivity index (χ0) is 19.0. The molecule has 1 aliphatic rings. The van der Waals surface area contributed by atoms with Crippen LogP contribution in [0.25, 0.3) is 0 Å². The van der Waals surface area contributed by atoms with Crippen LogP contribution in [-0.4, -0.2) is 18.7 Å². The zero-order valence-electron chi connectivity index (χ0n) is 15.0. The number of anilines is 1. The van der Waals surface area contributed by atoms with Crippen LogP contribution in [0.3, 0.4) is 0 Å². The fraction of sp³-hybridized carbons (Fsp3) is 0.533. The fourth-order valence-corrected chi connectivity index (χ4v) is 2.70. The van der Waals surface area contributed by atoms with E-state index in [1.165, 1.54) is 11.0 Å². The predicted octanol–water partition coefficient (Wildman–Crippen LogP) is 3.85. The molecule has 0 aliphatic carbocycles. The van der Waals surface area contributed by atoms with Crippen molar-refractivity contribution >= 4 is 11.8 Å². The Balaban J connectivity index is 2.39. The average molecular weight is 319 g/mol. The molecule has 2 rings (SSSR count). The highest BCUT2D eigenvalue weighted by Crippen LogP contribution is 2.40. The average Bonchev–Trinajstić information content (AvgIpc) is 2.50. The van der Waals surface area contributed by atoms with Gasteiger partial charge in [0.2, 0.25) is 0 Å². The number of rotatable bonds is 2. The highest BCUT2D eigenvalue weighted by atomic mass is 19.4. The molecule has 0 saturated heterocycles. The van der Waals surface area contributed by atoms with Crippen molar-refractivity contribution in [1.29, 1.82) is 0 Å². The van der Waals surface area contributed by atoms with Crippen molar-refractivity contribution in [1.82, 2.24) is 0 Å². The molecule has 0 radical (unpaired) electrons. The quantitative estimate of drug-likeness (QED) is 0.901. The number of amides is 1. The molecule has 1 heterocycles. The van der Waals surface area contributed by atoms with Gasteiger partial charge in [0, 0.05) is 16.2 Å². The zero-order valence-corrected chi connectivity index (χ0v) is 12.0. The maximum absolute atomic E-state index is 12.9. The van der Waals surface area contributed by atoms with Crippen molar-refractivity contribution in [2.24, 2.45) is 5.73 Å². The first-order valence-electron chi connectivity index (χ1n) is 8.36. The summed E-state index contributed by atoms with van der Waals surface area (Å²) in [6, 6.07) is 1.93. The van der Waals surface area contributed by atoms with Crippen LogP contribution in [0.2, 0.25) is 0 Å². The van der Waals surface area contributed by atoms with E-state index >= 15 is 0 Å². The number of carbonyl (C=O) groups is 1. The second-order valence-corrected chi connectivity index (χ2v) is 5.10. The molecule has 7 heteroatoms. The minimum atomic E-state index is -4.52. The van der Waals surface area contributed by atoms with Crippen LogP contribution >= 0.6 is 0 Å². The number of hydrogen-bond donors (Lipinski definition) is 1. The summed E-state index contributed by atoms with van der Waals surface area (Å²) in [5.41, 5.74) is 5.54. The number of ether oxygens (including phenoxy) is 1. The summed E-state index contributed by atoms with van der Waals surface area (Å²) < 4.78 is 64.9. The molecule has 2 N–H and O–H groups in total. The number of nitrogens with two attached hydrogens (primary N) is 1. The van der Waals surface area contributed by atoms with Crippen molar-refractivity contribution in [2.75, 3.05) is 11.5 Å². The van der Waals surface area contributed by atoms with Crippen LogP contribution in [0.15, 0.2) is 18.2 Å². The third-order valence-electron chi connectivity index (χ3n) is 3.77. The van der Waals surface area contributed by atoms with Gasteiger partial charge in [0.1, 0.15) is 0 Å². The number of halogens is 3. The molecule has 122 valence electrons. The number of carbonyl (C=O) groups excluding carboxylic acids is 1. The van der Waals surface area contributed by atoms with Gasteiger partial charge in [0.15, 0.2) is 0 Å². The van der Waals surface area contributed by atoms with E-state index in [-0.39, 0.29) is 23.7 Å². The number of hydrogen-bond acceptors (Lipinski definition) is 3. The number of alkyl halides is 3. The maximum Gasteiger partial charge on any atom is 0.416 e. The Kier molecular flexibility index (Phi) is 3.57. The van der Waals surface area contributed by atoms with E-state index in [1.807, 2.05) is 0 Å². The van der Waals surface area contributed by atoms with Crippen LogP contribution in [0.5, 0.6) is 0 Å². The summed E-state index contributed by atoms with van der Waals surface area (Å²) in [5.74, 6) is 0. The van der Waals surface area contributed by atoms with Crippen molar-refractivity contribution in [3.63, 3.8) is 0 Å². The highest BCUT2D eigenvalue weighted by molar-refractivity contribution is 5.90. The van der Waals surface area contributed by atoms with Crippen LogP contribution in [0, 0.1) is 0 Å². The van der Waals surface area contributed by atoms with Gasteiger partial charge >= 0.3 is 12.3 Å². The van der Waals surface area contributed by atoms with E-state index in [9.17, 15) is 18.0 Å². The van der Waals surface area contributed by atoms with Gasteiger partial charge in [0.05, 0.1) is 17.9 Å². The standard InChI is InChI=1S/C15H19F3N2O2/c1-3-10-8-12(19)11-7-9(15(16,17)18)5-6-13(11)20(10)14(21)22-4-2/h5-7,10,12H,3-4,8,19H2,1-2H3/t10-,12+/m1/s1/i2D3. The van der Waals surface area contributed by atoms with E-state index in [1.54, 1.807) is 6.92 Å². The van der Waals surface area contributed by atoms with Gasteiger partial charge in [-0.1, -0.05) is 6.92 Å². The first-order chi connectivity index (χ1) is 11.4. The first kappa shape index (κ1) is 12.8. The summed E-state index contributed by atoms with van der Waals surface area (Å²) in [6.07, 6.45) is -4.68. The SMILES string of the molecule is [2H]C([2H])([2H])COC(=O)N1c2ccc(C(F)(F)F)cc2[C@@H](N)C[C@H]1CC. The Morgan fingerprint density at radius 3 is 2.86 bits per heavy atom. The van der Waals surface area contributed by atoms with E-state index in [2.05, 4.69) is 0 Å². The van der Waals surface area contributed by atoms with Gasteiger partial charge in [-0.05, 0) is 43.5 Å². The molecule has 0 fully saturated rings. The van der Waals surface area contributed by atoms with Gasteiger partial charge in [-0.15, -0.1) is 0 Å². The molecule has 0 saturated carbocycles. The van der Waals surface area contributed by atoms with Gasteiger partial charge in [-0.3, -0.25) is 4.90 Å². The summed E-state index contributed by atoms with van der Waals surface area (Å²) >= 11 is 0. The molecule has 0 unspecified atom stereocenters. The van der Waals surface area contributed by atoms with Crippen molar-refractivity contribution < 1.29 is 26.8 Å². The Labute approximate surface area is 131 Å². The monoisotopic (exact) mass is 319 g/mol. The van der Waals surface area contributed by atoms with Gasteiger partial charge in [0.25, 0.3) is 0 Å². The molecule has 0 spiro atoms. The van der Waals surface area contributed by atoms with Crippen LogP contribution in [-0.2, 0) is 10.9 Å². The molecule has 0 aromatic heterocycles. The molecule has 0 bridgehead atoms. The van der Waals surface area contributed by atoms with Crippen LogP contribution in [0.1, 0.15) is 47.9 Å². The minimum absolute atomic E-state index is 0.186. The Hall–Kier alpha value is -1.76. The second-order valence-electron chi connectivity index (χ2n) is 5.10. The second kappa shape index (κ2) is 6.16. The molecule has 4 nitrogen and oxygen atoms in total. The molecular weight excluding hydrogens is 297 g/mol. The summed E-state index contributed by atoms with van der Waals surface area (Å²) in [5, 5.41) is 0. The Bertz CT molecular complexity index is 650. The molecular formula is C15H19F3N2O2. The lowest BCUT2D eigenvalue weighted by molar-refractivity contribution is -0.137. The fourth-order valence-electron chi connectivity index (χ4n) is 2.70. The molecule has 1 aromatic carbocycles. The lowest BCUT2D eigenvalue weighted by atomic mass is 9.89. The van der Waals surface area contributed by atoms with Gasteiger partial charge in [-0.25, -0.2) is 4.79 Å². The minimum Gasteiger partial charge on any atom is -0.449 e. The normalized spacial score (nSPS) is 24.0. The first-order valence-corrected chi connectivity index (χ1v) is 6.86. The third kappa shape index (κ3) is 3.04. The summed E-state index contributed by atoms with van der Waals surface area (Å²) in [7, 11) is 0. The lowest BCUT2D eigenvalue weighted by Gasteiger charge is -2.39. The maximum atomic E-state index is 12.9. The molecule has 1 aliphatic heterocycles. The van der Waals surface area contributed by atoms with E-state index in [0.29, 0.717) is 6.42 Å². The van der Waals surface area contributed by atoms with E-state index in [0.717, 1.165) is 12.1 Å². The summed E-state index contributed by atoms with van der Waals surface area (Å²) in [6.45, 7) is -1.43. The largest absolute Gasteiger partial charge is 0.449 e. The summed E-state index contributed by atoms with van der Waals surface area (Å²) in [4.78, 5) is 13.6. The number of benzene rings is 1. The lowest BCUT2D eigenvalue weighted by Crippen LogP contribution is -2.46. The molecule has 1 aromatic rings. The third-order valence-corrected chi connectivity index (χ3v) is 3.77. The van der Waals surface area contributed by atoms with E-state index < -0.39 is 37.3 Å². The highest BCUT2D eigenvalue weighted by Gasteiger charge is 2.37. The van der Waals surface area contributed by atoms with Gasteiger partial charge in [-0.2, -0.15) is 13.2 Å².